The molecule has 2 N–H and O–H groups in total. The Bertz CT molecular complexity index is 443. The number of ether oxygens (including phenoxy) is 1. The monoisotopic (exact) mass is 224 g/mol. The second kappa shape index (κ2) is 4.61. The Labute approximate surface area is 92.2 Å². The molecule has 0 spiro atoms. The SMILES string of the molecule is CCOC(=O)c1cc([N+](=O)[O-])c(N)cc1C. The zero-order valence-corrected chi connectivity index (χ0v) is 9.02. The van der Waals surface area contributed by atoms with Crippen molar-refractivity contribution in [1.82, 2.24) is 0 Å². The Balaban J connectivity index is 3.24. The van der Waals surface area contributed by atoms with E-state index in [1.54, 1.807) is 13.8 Å². The van der Waals surface area contributed by atoms with E-state index >= 15 is 0 Å². The normalized spacial score (nSPS) is 9.88. The predicted molar refractivity (Wildman–Crippen MR) is 58.2 cm³/mol. The lowest BCUT2D eigenvalue weighted by Crippen LogP contribution is -2.08. The Kier molecular flexibility index (Phi) is 3.44. The van der Waals surface area contributed by atoms with E-state index in [4.69, 9.17) is 10.5 Å². The summed E-state index contributed by atoms with van der Waals surface area (Å²) in [5.74, 6) is -0.580. The Morgan fingerprint density at radius 3 is 2.69 bits per heavy atom. The van der Waals surface area contributed by atoms with Gasteiger partial charge in [-0.05, 0) is 25.5 Å². The highest BCUT2D eigenvalue weighted by atomic mass is 16.6. The predicted octanol–water partition coefficient (Wildman–Crippen LogP) is 1.66. The first-order valence-corrected chi connectivity index (χ1v) is 4.69. The molecule has 6 nitrogen and oxygen atoms in total. The van der Waals surface area contributed by atoms with Crippen molar-refractivity contribution >= 4 is 17.3 Å². The van der Waals surface area contributed by atoms with Gasteiger partial charge >= 0.3 is 5.97 Å². The maximum Gasteiger partial charge on any atom is 0.338 e. The number of rotatable bonds is 3. The van der Waals surface area contributed by atoms with Gasteiger partial charge in [-0.2, -0.15) is 0 Å². The molecule has 0 bridgehead atoms. The number of benzene rings is 1. The average Bonchev–Trinajstić information content (AvgIpc) is 2.17. The third kappa shape index (κ3) is 2.28. The van der Waals surface area contributed by atoms with Crippen LogP contribution in [0.2, 0.25) is 0 Å². The fraction of sp³-hybridized carbons (Fsp3) is 0.300. The average molecular weight is 224 g/mol. The number of hydrogen-bond acceptors (Lipinski definition) is 5. The number of esters is 1. The number of nitrogen functional groups attached to an aromatic ring is 1. The number of nitrogens with two attached hydrogens (primary N) is 1. The molecular weight excluding hydrogens is 212 g/mol. The van der Waals surface area contributed by atoms with E-state index in [1.807, 2.05) is 0 Å². The second-order valence-corrected chi connectivity index (χ2v) is 3.20. The number of nitro benzene ring substituents is 1. The summed E-state index contributed by atoms with van der Waals surface area (Å²) in [5, 5.41) is 10.6. The molecule has 0 aromatic heterocycles. The van der Waals surface area contributed by atoms with Crippen molar-refractivity contribution in [2.24, 2.45) is 0 Å². The van der Waals surface area contributed by atoms with Crippen molar-refractivity contribution in [3.8, 4) is 0 Å². The minimum Gasteiger partial charge on any atom is -0.462 e. The molecular formula is C10H12N2O4. The largest absolute Gasteiger partial charge is 0.462 e. The van der Waals surface area contributed by atoms with Crippen molar-refractivity contribution in [1.29, 1.82) is 0 Å². The van der Waals surface area contributed by atoms with E-state index in [0.717, 1.165) is 6.07 Å². The molecule has 0 unspecified atom stereocenters. The lowest BCUT2D eigenvalue weighted by atomic mass is 10.1. The first-order valence-electron chi connectivity index (χ1n) is 4.69. The van der Waals surface area contributed by atoms with Crippen LogP contribution < -0.4 is 5.73 Å². The number of aryl methyl sites for hydroxylation is 1. The van der Waals surface area contributed by atoms with Gasteiger partial charge in [0.25, 0.3) is 5.69 Å². The molecule has 1 rings (SSSR count). The highest BCUT2D eigenvalue weighted by Crippen LogP contribution is 2.25. The van der Waals surface area contributed by atoms with E-state index in [9.17, 15) is 14.9 Å². The van der Waals surface area contributed by atoms with Crippen LogP contribution in [0.3, 0.4) is 0 Å². The Morgan fingerprint density at radius 1 is 1.56 bits per heavy atom. The van der Waals surface area contributed by atoms with Gasteiger partial charge < -0.3 is 10.5 Å². The van der Waals surface area contributed by atoms with Gasteiger partial charge in [0, 0.05) is 6.07 Å². The molecule has 0 atom stereocenters. The van der Waals surface area contributed by atoms with Crippen LogP contribution in [0.25, 0.3) is 0 Å². The second-order valence-electron chi connectivity index (χ2n) is 3.20. The molecule has 0 aliphatic carbocycles. The minimum atomic E-state index is -0.627. The molecule has 0 aliphatic rings. The molecule has 0 aliphatic heterocycles. The summed E-state index contributed by atoms with van der Waals surface area (Å²) >= 11 is 0. The topological polar surface area (TPSA) is 95.5 Å². The molecule has 0 saturated heterocycles. The van der Waals surface area contributed by atoms with Crippen LogP contribution in [0.15, 0.2) is 12.1 Å². The van der Waals surface area contributed by atoms with Crippen LogP contribution in [0.4, 0.5) is 11.4 Å². The Morgan fingerprint density at radius 2 is 2.19 bits per heavy atom. The van der Waals surface area contributed by atoms with E-state index in [-0.39, 0.29) is 23.5 Å². The van der Waals surface area contributed by atoms with Gasteiger partial charge in [0.2, 0.25) is 0 Å². The van der Waals surface area contributed by atoms with Crippen molar-refractivity contribution in [2.75, 3.05) is 12.3 Å². The fourth-order valence-corrected chi connectivity index (χ4v) is 1.31. The Hall–Kier alpha value is -2.11. The molecule has 1 aromatic rings. The summed E-state index contributed by atoms with van der Waals surface area (Å²) in [4.78, 5) is 21.5. The molecule has 6 heteroatoms. The molecule has 0 amide bonds. The van der Waals surface area contributed by atoms with Crippen molar-refractivity contribution in [3.63, 3.8) is 0 Å². The maximum atomic E-state index is 11.5. The summed E-state index contributed by atoms with van der Waals surface area (Å²) < 4.78 is 4.78. The number of anilines is 1. The van der Waals surface area contributed by atoms with Gasteiger partial charge in [-0.15, -0.1) is 0 Å². The number of carbonyl (C=O) groups is 1. The molecule has 16 heavy (non-hydrogen) atoms. The zero-order chi connectivity index (χ0) is 12.3. The van der Waals surface area contributed by atoms with Gasteiger partial charge in [0.15, 0.2) is 0 Å². The smallest absolute Gasteiger partial charge is 0.338 e. The molecule has 0 saturated carbocycles. The fourth-order valence-electron chi connectivity index (χ4n) is 1.31. The van der Waals surface area contributed by atoms with Gasteiger partial charge in [-0.3, -0.25) is 10.1 Å². The summed E-state index contributed by atoms with van der Waals surface area (Å²) in [6.07, 6.45) is 0. The van der Waals surface area contributed by atoms with Crippen molar-refractivity contribution in [3.05, 3.63) is 33.4 Å². The molecule has 86 valence electrons. The lowest BCUT2D eigenvalue weighted by molar-refractivity contribution is -0.383. The van der Waals surface area contributed by atoms with Crippen LogP contribution >= 0.6 is 0 Å². The molecule has 0 heterocycles. The van der Waals surface area contributed by atoms with Gasteiger partial charge in [-0.25, -0.2) is 4.79 Å². The third-order valence-electron chi connectivity index (χ3n) is 2.07. The summed E-state index contributed by atoms with van der Waals surface area (Å²) in [5.41, 5.74) is 5.95. The quantitative estimate of drug-likeness (QED) is 0.364. The van der Waals surface area contributed by atoms with Crippen LogP contribution in [0.1, 0.15) is 22.8 Å². The van der Waals surface area contributed by atoms with E-state index in [2.05, 4.69) is 0 Å². The number of hydrogen-bond donors (Lipinski definition) is 1. The lowest BCUT2D eigenvalue weighted by Gasteiger charge is -2.06. The van der Waals surface area contributed by atoms with Crippen LogP contribution in [0.5, 0.6) is 0 Å². The van der Waals surface area contributed by atoms with E-state index in [0.29, 0.717) is 5.56 Å². The molecule has 0 fully saturated rings. The van der Waals surface area contributed by atoms with Crippen LogP contribution in [-0.4, -0.2) is 17.5 Å². The van der Waals surface area contributed by atoms with Gasteiger partial charge in [-0.1, -0.05) is 0 Å². The third-order valence-corrected chi connectivity index (χ3v) is 2.07. The highest BCUT2D eigenvalue weighted by molar-refractivity contribution is 5.93. The summed E-state index contributed by atoms with van der Waals surface area (Å²) in [7, 11) is 0. The van der Waals surface area contributed by atoms with Crippen molar-refractivity contribution in [2.45, 2.75) is 13.8 Å². The highest BCUT2D eigenvalue weighted by Gasteiger charge is 2.19. The maximum absolute atomic E-state index is 11.5. The van der Waals surface area contributed by atoms with E-state index < -0.39 is 10.9 Å². The number of nitro groups is 1. The molecule has 0 radical (unpaired) electrons. The van der Waals surface area contributed by atoms with Crippen LogP contribution in [-0.2, 0) is 4.74 Å². The number of carbonyl (C=O) groups excluding carboxylic acids is 1. The summed E-state index contributed by atoms with van der Waals surface area (Å²) in [6, 6.07) is 2.53. The van der Waals surface area contributed by atoms with Crippen LogP contribution in [0, 0.1) is 17.0 Å². The zero-order valence-electron chi connectivity index (χ0n) is 9.02. The first-order chi connectivity index (χ1) is 7.47. The van der Waals surface area contributed by atoms with Crippen molar-refractivity contribution < 1.29 is 14.5 Å². The van der Waals surface area contributed by atoms with E-state index in [1.165, 1.54) is 6.07 Å². The minimum absolute atomic E-state index is 0.0375. The summed E-state index contributed by atoms with van der Waals surface area (Å²) in [6.45, 7) is 3.53. The first kappa shape index (κ1) is 12.0. The number of nitrogens with zero attached hydrogens (tertiary/aromatic N) is 1. The van der Waals surface area contributed by atoms with Gasteiger partial charge in [0.1, 0.15) is 5.69 Å². The van der Waals surface area contributed by atoms with Gasteiger partial charge in [0.05, 0.1) is 17.1 Å². The molecule has 1 aromatic carbocycles. The standard InChI is InChI=1S/C10H12N2O4/c1-3-16-10(13)7-5-9(12(14)15)8(11)4-6(7)2/h4-5H,3,11H2,1-2H3.